The second-order valence-corrected chi connectivity index (χ2v) is 5.66. The first-order chi connectivity index (χ1) is 10.1. The molecular weight excluding hydrogens is 271 g/mol. The van der Waals surface area contributed by atoms with Crippen LogP contribution in [0.4, 0.5) is 4.39 Å². The summed E-state index contributed by atoms with van der Waals surface area (Å²) in [4.78, 5) is 11.9. The third-order valence-electron chi connectivity index (χ3n) is 3.80. The van der Waals surface area contributed by atoms with Gasteiger partial charge in [-0.05, 0) is 25.8 Å². The first-order valence-electron chi connectivity index (χ1n) is 7.53. The van der Waals surface area contributed by atoms with Crippen molar-refractivity contribution in [2.75, 3.05) is 6.61 Å². The van der Waals surface area contributed by atoms with Crippen molar-refractivity contribution in [2.24, 2.45) is 5.73 Å². The van der Waals surface area contributed by atoms with Crippen molar-refractivity contribution in [1.29, 1.82) is 0 Å². The highest BCUT2D eigenvalue weighted by molar-refractivity contribution is 5.77. The Kier molecular flexibility index (Phi) is 5.56. The van der Waals surface area contributed by atoms with E-state index in [1.54, 1.807) is 13.0 Å². The molecule has 1 aliphatic rings. The van der Waals surface area contributed by atoms with Gasteiger partial charge < -0.3 is 15.8 Å². The molecule has 1 fully saturated rings. The maximum absolute atomic E-state index is 13.3. The smallest absolute Gasteiger partial charge is 0.258 e. The van der Waals surface area contributed by atoms with E-state index in [2.05, 4.69) is 5.32 Å². The molecule has 1 aromatic carbocycles. The molecule has 0 unspecified atom stereocenters. The molecule has 1 saturated carbocycles. The lowest BCUT2D eigenvalue weighted by molar-refractivity contribution is -0.124. The molecule has 0 bridgehead atoms. The Bertz CT molecular complexity index is 485. The molecule has 0 saturated heterocycles. The minimum absolute atomic E-state index is 0.111. The van der Waals surface area contributed by atoms with E-state index in [4.69, 9.17) is 10.5 Å². The van der Waals surface area contributed by atoms with Gasteiger partial charge in [-0.15, -0.1) is 0 Å². The van der Waals surface area contributed by atoms with E-state index >= 15 is 0 Å². The molecule has 1 aromatic rings. The number of hydrogen-bond acceptors (Lipinski definition) is 3. The number of amides is 1. The van der Waals surface area contributed by atoms with Crippen LogP contribution < -0.4 is 15.8 Å². The molecule has 4 nitrogen and oxygen atoms in total. The minimum atomic E-state index is -0.401. The molecule has 5 heteroatoms. The van der Waals surface area contributed by atoms with Gasteiger partial charge in [0.2, 0.25) is 0 Å². The Balaban J connectivity index is 1.89. The predicted molar refractivity (Wildman–Crippen MR) is 79.5 cm³/mol. The number of carbonyl (C=O) groups excluding carboxylic acids is 1. The van der Waals surface area contributed by atoms with E-state index in [-0.39, 0.29) is 24.6 Å². The van der Waals surface area contributed by atoms with Gasteiger partial charge in [0.05, 0.1) is 0 Å². The van der Waals surface area contributed by atoms with Crippen molar-refractivity contribution in [3.63, 3.8) is 0 Å². The van der Waals surface area contributed by atoms with Gasteiger partial charge in [0.15, 0.2) is 6.61 Å². The number of nitrogens with two attached hydrogens (primary N) is 1. The van der Waals surface area contributed by atoms with E-state index in [1.807, 2.05) is 0 Å². The molecule has 0 aliphatic heterocycles. The van der Waals surface area contributed by atoms with Crippen LogP contribution in [0.2, 0.25) is 0 Å². The minimum Gasteiger partial charge on any atom is -0.483 e. The molecule has 3 N–H and O–H groups in total. The quantitative estimate of drug-likeness (QED) is 0.877. The van der Waals surface area contributed by atoms with Gasteiger partial charge in [0.1, 0.15) is 11.6 Å². The van der Waals surface area contributed by atoms with Crippen molar-refractivity contribution in [2.45, 2.75) is 51.1 Å². The summed E-state index contributed by atoms with van der Waals surface area (Å²) >= 11 is 0. The van der Waals surface area contributed by atoms with E-state index in [9.17, 15) is 9.18 Å². The lowest BCUT2D eigenvalue weighted by atomic mass is 9.95. The Morgan fingerprint density at radius 1 is 1.43 bits per heavy atom. The van der Waals surface area contributed by atoms with Crippen molar-refractivity contribution in [1.82, 2.24) is 5.32 Å². The van der Waals surface area contributed by atoms with E-state index in [1.165, 1.54) is 18.6 Å². The average molecular weight is 294 g/mol. The number of halogens is 1. The predicted octanol–water partition coefficient (Wildman–Crippen LogP) is 2.67. The number of carbonyl (C=O) groups is 1. The first-order valence-corrected chi connectivity index (χ1v) is 7.53. The summed E-state index contributed by atoms with van der Waals surface area (Å²) in [5.74, 6) is -0.229. The zero-order valence-electron chi connectivity index (χ0n) is 12.4. The van der Waals surface area contributed by atoms with Crippen LogP contribution in [-0.2, 0) is 4.79 Å². The van der Waals surface area contributed by atoms with Crippen molar-refractivity contribution in [3.05, 3.63) is 29.6 Å². The molecule has 0 spiro atoms. The van der Waals surface area contributed by atoms with Crippen molar-refractivity contribution >= 4 is 5.91 Å². The van der Waals surface area contributed by atoms with Crippen LogP contribution in [0.15, 0.2) is 18.2 Å². The molecule has 21 heavy (non-hydrogen) atoms. The van der Waals surface area contributed by atoms with Crippen LogP contribution in [-0.4, -0.2) is 18.6 Å². The zero-order chi connectivity index (χ0) is 15.2. The lowest BCUT2D eigenvalue weighted by Crippen LogP contribution is -2.39. The third kappa shape index (κ3) is 4.70. The maximum Gasteiger partial charge on any atom is 0.258 e. The third-order valence-corrected chi connectivity index (χ3v) is 3.80. The van der Waals surface area contributed by atoms with Crippen LogP contribution in [0.1, 0.15) is 50.6 Å². The van der Waals surface area contributed by atoms with E-state index < -0.39 is 5.82 Å². The molecule has 2 rings (SSSR count). The van der Waals surface area contributed by atoms with Gasteiger partial charge in [0, 0.05) is 23.7 Å². The first kappa shape index (κ1) is 15.8. The number of ether oxygens (including phenoxy) is 1. The van der Waals surface area contributed by atoms with Crippen molar-refractivity contribution in [3.8, 4) is 5.75 Å². The van der Waals surface area contributed by atoms with Gasteiger partial charge >= 0.3 is 0 Å². The summed E-state index contributed by atoms with van der Waals surface area (Å²) in [6.45, 7) is 1.68. The highest BCUT2D eigenvalue weighted by Gasteiger charge is 2.16. The fourth-order valence-electron chi connectivity index (χ4n) is 2.67. The van der Waals surface area contributed by atoms with Gasteiger partial charge in [-0.25, -0.2) is 4.39 Å². The molecule has 1 amide bonds. The van der Waals surface area contributed by atoms with Crippen LogP contribution in [0.5, 0.6) is 5.75 Å². The number of nitrogens with one attached hydrogen (secondary N) is 1. The van der Waals surface area contributed by atoms with Crippen molar-refractivity contribution < 1.29 is 13.9 Å². The number of hydrogen-bond donors (Lipinski definition) is 2. The van der Waals surface area contributed by atoms with Crippen LogP contribution >= 0.6 is 0 Å². The lowest BCUT2D eigenvalue weighted by Gasteiger charge is -2.23. The molecule has 1 atom stereocenters. The Hall–Kier alpha value is -1.62. The largest absolute Gasteiger partial charge is 0.483 e. The average Bonchev–Trinajstić information content (AvgIpc) is 2.46. The molecule has 0 radical (unpaired) electrons. The van der Waals surface area contributed by atoms with Crippen LogP contribution in [0.3, 0.4) is 0 Å². The van der Waals surface area contributed by atoms with Crippen LogP contribution in [0.25, 0.3) is 0 Å². The maximum atomic E-state index is 13.3. The second kappa shape index (κ2) is 7.41. The zero-order valence-corrected chi connectivity index (χ0v) is 12.4. The second-order valence-electron chi connectivity index (χ2n) is 5.66. The highest BCUT2D eigenvalue weighted by Crippen LogP contribution is 2.24. The van der Waals surface area contributed by atoms with E-state index in [0.717, 1.165) is 25.7 Å². The number of benzene rings is 1. The topological polar surface area (TPSA) is 64.3 Å². The molecule has 0 aromatic heterocycles. The normalized spacial score (nSPS) is 17.3. The van der Waals surface area contributed by atoms with Crippen LogP contribution in [0, 0.1) is 5.82 Å². The Morgan fingerprint density at radius 2 is 2.14 bits per heavy atom. The SMILES string of the molecule is C[C@@H](N)c1ccc(F)cc1OCC(=O)NC1CCCCC1. The summed E-state index contributed by atoms with van der Waals surface area (Å²) in [6.07, 6.45) is 5.60. The Labute approximate surface area is 124 Å². The fraction of sp³-hybridized carbons (Fsp3) is 0.562. The number of rotatable bonds is 5. The summed E-state index contributed by atoms with van der Waals surface area (Å²) in [6, 6.07) is 4.17. The standard InChI is InChI=1S/C16H23FN2O2/c1-11(18)14-8-7-12(17)9-15(14)21-10-16(20)19-13-5-3-2-4-6-13/h7-9,11,13H,2-6,10,18H2,1H3,(H,19,20)/t11-/m1/s1. The molecule has 116 valence electrons. The van der Waals surface area contributed by atoms with Gasteiger partial charge in [0.25, 0.3) is 5.91 Å². The Morgan fingerprint density at radius 3 is 2.81 bits per heavy atom. The molecule has 1 aliphatic carbocycles. The molecular formula is C16H23FN2O2. The van der Waals surface area contributed by atoms with E-state index in [0.29, 0.717) is 11.3 Å². The summed E-state index contributed by atoms with van der Waals surface area (Å²) < 4.78 is 18.7. The fourth-order valence-corrected chi connectivity index (χ4v) is 2.67. The monoisotopic (exact) mass is 294 g/mol. The van der Waals surface area contributed by atoms with Gasteiger partial charge in [-0.1, -0.05) is 25.3 Å². The van der Waals surface area contributed by atoms with Gasteiger partial charge in [-0.2, -0.15) is 0 Å². The highest BCUT2D eigenvalue weighted by atomic mass is 19.1. The summed E-state index contributed by atoms with van der Waals surface area (Å²) in [5, 5.41) is 2.96. The summed E-state index contributed by atoms with van der Waals surface area (Å²) in [5.41, 5.74) is 6.51. The van der Waals surface area contributed by atoms with Gasteiger partial charge in [-0.3, -0.25) is 4.79 Å². The summed E-state index contributed by atoms with van der Waals surface area (Å²) in [7, 11) is 0. The molecule has 0 heterocycles.